The third-order valence-corrected chi connectivity index (χ3v) is 2.35. The highest BCUT2D eigenvalue weighted by Gasteiger charge is 2.30. The molecule has 0 atom stereocenters. The van der Waals surface area contributed by atoms with Gasteiger partial charge in [-0.3, -0.25) is 4.79 Å². The number of rotatable bonds is 1. The van der Waals surface area contributed by atoms with Gasteiger partial charge >= 0.3 is 0 Å². The fraction of sp³-hybridized carbons (Fsp3) is 0.667. The molecule has 1 aromatic rings. The van der Waals surface area contributed by atoms with Gasteiger partial charge in [0.1, 0.15) is 5.78 Å². The summed E-state index contributed by atoms with van der Waals surface area (Å²) in [5, 5.41) is 13.2. The molecule has 0 radical (unpaired) electrons. The van der Waals surface area contributed by atoms with Crippen molar-refractivity contribution in [3.8, 4) is 0 Å². The zero-order valence-electron chi connectivity index (χ0n) is 8.82. The van der Waals surface area contributed by atoms with Gasteiger partial charge in [0, 0.05) is 18.6 Å². The van der Waals surface area contributed by atoms with Gasteiger partial charge in [-0.1, -0.05) is 18.9 Å². The van der Waals surface area contributed by atoms with E-state index < -0.39 is 0 Å². The smallest absolute Gasteiger partial charge is 0.288 e. The van der Waals surface area contributed by atoms with Gasteiger partial charge in [0.05, 0.1) is 0 Å². The van der Waals surface area contributed by atoms with E-state index in [1.807, 2.05) is 0 Å². The first kappa shape index (κ1) is 9.95. The summed E-state index contributed by atoms with van der Waals surface area (Å²) < 4.78 is 0. The molecule has 1 aliphatic rings. The van der Waals surface area contributed by atoms with Crippen molar-refractivity contribution in [1.29, 1.82) is 0 Å². The average molecular weight is 207 g/mol. The molecule has 1 N–H and O–H groups in total. The maximum Gasteiger partial charge on any atom is 0.288 e. The fourth-order valence-corrected chi connectivity index (χ4v) is 1.93. The molecule has 0 aliphatic heterocycles. The van der Waals surface area contributed by atoms with Gasteiger partial charge in [-0.25, -0.2) is 4.99 Å². The van der Waals surface area contributed by atoms with Crippen molar-refractivity contribution in [3.05, 3.63) is 0 Å². The molecule has 1 heterocycles. The molecule has 0 spiro atoms. The number of H-pyrrole nitrogens is 1. The third-order valence-electron chi connectivity index (χ3n) is 2.35. The first-order valence-corrected chi connectivity index (χ1v) is 4.87. The number of hydrogen-bond acceptors (Lipinski definition) is 5. The van der Waals surface area contributed by atoms with Gasteiger partial charge in [0.2, 0.25) is 0 Å². The first-order valence-electron chi connectivity index (χ1n) is 4.87. The molecule has 15 heavy (non-hydrogen) atoms. The largest absolute Gasteiger partial charge is 0.299 e. The van der Waals surface area contributed by atoms with Crippen LogP contribution in [0.4, 0.5) is 5.95 Å². The van der Waals surface area contributed by atoms with Crippen LogP contribution < -0.4 is 0 Å². The van der Waals surface area contributed by atoms with E-state index in [9.17, 15) is 4.79 Å². The Morgan fingerprint density at radius 1 is 1.40 bits per heavy atom. The Morgan fingerprint density at radius 2 is 2.20 bits per heavy atom. The molecule has 1 saturated carbocycles. The number of ketones is 1. The fourth-order valence-electron chi connectivity index (χ4n) is 1.93. The topological polar surface area (TPSA) is 83.9 Å². The van der Waals surface area contributed by atoms with Crippen molar-refractivity contribution in [3.63, 3.8) is 0 Å². The van der Waals surface area contributed by atoms with E-state index in [1.165, 1.54) is 0 Å². The minimum atomic E-state index is -0.00208. The molecule has 0 saturated heterocycles. The number of aliphatic imine (C=N–C) groups is 1. The van der Waals surface area contributed by atoms with Crippen LogP contribution in [0.15, 0.2) is 4.99 Å². The van der Waals surface area contributed by atoms with Crippen molar-refractivity contribution in [1.82, 2.24) is 20.6 Å². The van der Waals surface area contributed by atoms with Gasteiger partial charge in [-0.05, 0) is 17.0 Å². The molecule has 0 amide bonds. The number of nitrogens with zero attached hydrogens (tertiary/aromatic N) is 4. The second kappa shape index (κ2) is 3.52. The zero-order chi connectivity index (χ0) is 10.9. The third kappa shape index (κ3) is 2.45. The van der Waals surface area contributed by atoms with Crippen LogP contribution in [0.5, 0.6) is 0 Å². The monoisotopic (exact) mass is 207 g/mol. The number of Topliss-reactive ketones (excluding diaryl/α,β-unsaturated/α-hetero) is 1. The van der Waals surface area contributed by atoms with E-state index in [-0.39, 0.29) is 11.2 Å². The summed E-state index contributed by atoms with van der Waals surface area (Å²) in [5.74, 6) is 0.531. The minimum Gasteiger partial charge on any atom is -0.299 e. The standard InChI is InChI=1S/C9H13N5O/c1-9(2)4-6(3-7(15)5-9)10-8-11-13-14-12-8/h3-5H2,1-2H3,(H,11,12,13,14)/b10-6+. The van der Waals surface area contributed by atoms with Crippen LogP contribution in [0.2, 0.25) is 0 Å². The Kier molecular flexibility index (Phi) is 2.34. The summed E-state index contributed by atoms with van der Waals surface area (Å²) in [5.41, 5.74) is 0.843. The maximum absolute atomic E-state index is 11.5. The molecule has 0 bridgehead atoms. The molecule has 80 valence electrons. The van der Waals surface area contributed by atoms with Crippen LogP contribution in [0.3, 0.4) is 0 Å². The molecular formula is C9H13N5O. The summed E-state index contributed by atoms with van der Waals surface area (Å²) in [4.78, 5) is 15.7. The number of carbonyl (C=O) groups excluding carboxylic acids is 1. The zero-order valence-corrected chi connectivity index (χ0v) is 8.82. The number of hydrogen-bond donors (Lipinski definition) is 1. The summed E-state index contributed by atoms with van der Waals surface area (Å²) in [6, 6.07) is 0. The summed E-state index contributed by atoms with van der Waals surface area (Å²) >= 11 is 0. The predicted molar refractivity (Wildman–Crippen MR) is 53.9 cm³/mol. The maximum atomic E-state index is 11.5. The summed E-state index contributed by atoms with van der Waals surface area (Å²) in [6.07, 6.45) is 1.85. The van der Waals surface area contributed by atoms with Crippen LogP contribution in [0.25, 0.3) is 0 Å². The van der Waals surface area contributed by atoms with E-state index in [2.05, 4.69) is 39.5 Å². The molecule has 1 aromatic heterocycles. The highest BCUT2D eigenvalue weighted by molar-refractivity contribution is 6.05. The number of nitrogens with one attached hydrogen (secondary N) is 1. The lowest BCUT2D eigenvalue weighted by atomic mass is 9.76. The lowest BCUT2D eigenvalue weighted by molar-refractivity contribution is -0.120. The second-order valence-electron chi connectivity index (χ2n) is 4.62. The van der Waals surface area contributed by atoms with Crippen LogP contribution in [0, 0.1) is 5.41 Å². The van der Waals surface area contributed by atoms with Crippen molar-refractivity contribution in [2.45, 2.75) is 33.1 Å². The lowest BCUT2D eigenvalue weighted by Gasteiger charge is -2.28. The van der Waals surface area contributed by atoms with E-state index in [0.29, 0.717) is 18.8 Å². The Bertz CT molecular complexity index is 393. The molecule has 6 heteroatoms. The quantitative estimate of drug-likeness (QED) is 0.746. The van der Waals surface area contributed by atoms with E-state index in [0.717, 1.165) is 12.1 Å². The lowest BCUT2D eigenvalue weighted by Crippen LogP contribution is -2.28. The van der Waals surface area contributed by atoms with Crippen molar-refractivity contribution >= 4 is 17.4 Å². The average Bonchev–Trinajstić information content (AvgIpc) is 2.52. The van der Waals surface area contributed by atoms with Crippen molar-refractivity contribution in [2.24, 2.45) is 10.4 Å². The second-order valence-corrected chi connectivity index (χ2v) is 4.62. The van der Waals surface area contributed by atoms with E-state index in [4.69, 9.17) is 0 Å². The minimum absolute atomic E-state index is 0.00208. The Labute approximate surface area is 87.2 Å². The van der Waals surface area contributed by atoms with Crippen LogP contribution in [0.1, 0.15) is 33.1 Å². The molecule has 1 aliphatic carbocycles. The number of aromatic amines is 1. The molecule has 2 rings (SSSR count). The Morgan fingerprint density at radius 3 is 2.80 bits per heavy atom. The number of aromatic nitrogens is 4. The van der Waals surface area contributed by atoms with E-state index >= 15 is 0 Å². The SMILES string of the molecule is CC1(C)CC(=O)C/C(=N\c2nn[nH]n2)C1. The highest BCUT2D eigenvalue weighted by atomic mass is 16.1. The van der Waals surface area contributed by atoms with Crippen molar-refractivity contribution < 1.29 is 4.79 Å². The molecular weight excluding hydrogens is 194 g/mol. The van der Waals surface area contributed by atoms with Crippen molar-refractivity contribution in [2.75, 3.05) is 0 Å². The van der Waals surface area contributed by atoms with E-state index in [1.54, 1.807) is 0 Å². The number of carbonyl (C=O) groups is 1. The molecule has 6 nitrogen and oxygen atoms in total. The van der Waals surface area contributed by atoms with Gasteiger partial charge < -0.3 is 0 Å². The van der Waals surface area contributed by atoms with Crippen LogP contribution in [-0.2, 0) is 4.79 Å². The van der Waals surface area contributed by atoms with Gasteiger partial charge in [0.15, 0.2) is 0 Å². The molecule has 1 fully saturated rings. The predicted octanol–water partition coefficient (Wildman–Crippen LogP) is 1.05. The van der Waals surface area contributed by atoms with Crippen LogP contribution >= 0.6 is 0 Å². The van der Waals surface area contributed by atoms with Gasteiger partial charge in [-0.15, -0.1) is 5.10 Å². The Balaban J connectivity index is 2.20. The summed E-state index contributed by atoms with van der Waals surface area (Å²) in [7, 11) is 0. The van der Waals surface area contributed by atoms with Gasteiger partial charge in [0.25, 0.3) is 5.95 Å². The van der Waals surface area contributed by atoms with Crippen LogP contribution in [-0.4, -0.2) is 32.1 Å². The molecule has 0 aromatic carbocycles. The first-order chi connectivity index (χ1) is 7.05. The summed E-state index contributed by atoms with van der Waals surface area (Å²) in [6.45, 7) is 4.13. The Hall–Kier alpha value is -1.59. The normalized spacial score (nSPS) is 23.3. The molecule has 0 unspecified atom stereocenters. The number of tetrazole rings is 1. The van der Waals surface area contributed by atoms with Gasteiger partial charge in [-0.2, -0.15) is 5.21 Å². The highest BCUT2D eigenvalue weighted by Crippen LogP contribution is 2.32.